The van der Waals surface area contributed by atoms with Gasteiger partial charge in [-0.15, -0.1) is 0 Å². The molecule has 6 heteroatoms. The Hall–Kier alpha value is -3.87. The summed E-state index contributed by atoms with van der Waals surface area (Å²) in [6.45, 7) is 2.39. The topological polar surface area (TPSA) is 62.5 Å². The van der Waals surface area contributed by atoms with Crippen LogP contribution < -0.4 is 0 Å². The molecule has 0 unspecified atom stereocenters. The molecule has 0 radical (unpaired) electrons. The summed E-state index contributed by atoms with van der Waals surface area (Å²) in [4.78, 5) is 0.303. The number of benzene rings is 4. The van der Waals surface area contributed by atoms with Crippen molar-refractivity contribution in [2.75, 3.05) is 6.54 Å². The Balaban J connectivity index is 1.62. The first-order valence-corrected chi connectivity index (χ1v) is 14.8. The molecule has 5 nitrogen and oxygen atoms in total. The molecule has 2 heterocycles. The van der Waals surface area contributed by atoms with Gasteiger partial charge in [-0.2, -0.15) is 4.31 Å². The second-order valence-corrected chi connectivity index (χ2v) is 12.3. The van der Waals surface area contributed by atoms with Crippen LogP contribution in [0.25, 0.3) is 22.2 Å². The Bertz CT molecular complexity index is 1740. The number of hydrogen-bond donors (Lipinski definition) is 1. The fourth-order valence-electron chi connectivity index (χ4n) is 6.23. The van der Waals surface area contributed by atoms with Gasteiger partial charge in [0.25, 0.3) is 0 Å². The third-order valence-electron chi connectivity index (χ3n) is 8.04. The second kappa shape index (κ2) is 10.0. The van der Waals surface area contributed by atoms with Gasteiger partial charge in [-0.25, -0.2) is 8.42 Å². The van der Waals surface area contributed by atoms with Crippen molar-refractivity contribution in [2.45, 2.75) is 36.6 Å². The molecule has 4 aromatic carbocycles. The van der Waals surface area contributed by atoms with Crippen molar-refractivity contribution in [3.63, 3.8) is 0 Å². The maximum Gasteiger partial charge on any atom is 0.243 e. The van der Waals surface area contributed by atoms with Gasteiger partial charge in [-0.1, -0.05) is 84.4 Å². The number of hydrogen-bond acceptors (Lipinski definition) is 3. The van der Waals surface area contributed by atoms with Gasteiger partial charge in [0, 0.05) is 42.0 Å². The molecule has 2 atom stereocenters. The molecule has 1 aliphatic heterocycles. The number of sulfonamides is 1. The van der Waals surface area contributed by atoms with Crippen LogP contribution in [-0.2, 0) is 17.1 Å². The molecular formula is C33H32N2O3S. The number of fused-ring (bicyclic) bond motifs is 1. The highest BCUT2D eigenvalue weighted by atomic mass is 32.2. The van der Waals surface area contributed by atoms with Gasteiger partial charge in [-0.05, 0) is 55.2 Å². The summed E-state index contributed by atoms with van der Waals surface area (Å²) in [5, 5.41) is 12.3. The third-order valence-corrected chi connectivity index (χ3v) is 9.98. The van der Waals surface area contributed by atoms with E-state index in [9.17, 15) is 13.5 Å². The van der Waals surface area contributed by atoms with Crippen LogP contribution in [0, 0.1) is 6.92 Å². The van der Waals surface area contributed by atoms with Crippen LogP contribution in [0.1, 0.15) is 35.4 Å². The van der Waals surface area contributed by atoms with Crippen molar-refractivity contribution < 1.29 is 13.5 Å². The van der Waals surface area contributed by atoms with E-state index in [1.807, 2.05) is 67.6 Å². The van der Waals surface area contributed by atoms with E-state index in [0.29, 0.717) is 17.9 Å². The number of nitrogens with zero attached hydrogens (tertiary/aromatic N) is 2. The number of rotatable bonds is 6. The number of phenolic OH excluding ortho intramolecular Hbond substituents is 1. The number of aryl methyl sites for hydroxylation is 2. The van der Waals surface area contributed by atoms with Crippen LogP contribution in [0.4, 0.5) is 0 Å². The molecule has 39 heavy (non-hydrogen) atoms. The average Bonchev–Trinajstić information content (AvgIpc) is 3.55. The largest absolute Gasteiger partial charge is 0.508 e. The zero-order valence-electron chi connectivity index (χ0n) is 22.2. The second-order valence-electron chi connectivity index (χ2n) is 10.4. The lowest BCUT2D eigenvalue weighted by Crippen LogP contribution is -2.39. The van der Waals surface area contributed by atoms with Gasteiger partial charge in [0.1, 0.15) is 5.75 Å². The summed E-state index contributed by atoms with van der Waals surface area (Å²) in [7, 11) is -1.70. The number of aromatic hydroxyl groups is 1. The predicted octanol–water partition coefficient (Wildman–Crippen LogP) is 6.84. The molecule has 1 saturated heterocycles. The minimum absolute atomic E-state index is 0.175. The lowest BCUT2D eigenvalue weighted by atomic mass is 9.81. The zero-order valence-corrected chi connectivity index (χ0v) is 23.0. The first-order valence-electron chi connectivity index (χ1n) is 13.4. The fraction of sp³-hybridized carbons (Fsp3) is 0.212. The van der Waals surface area contributed by atoms with E-state index in [1.165, 1.54) is 0 Å². The van der Waals surface area contributed by atoms with E-state index in [4.69, 9.17) is 0 Å². The van der Waals surface area contributed by atoms with Crippen LogP contribution in [0.5, 0.6) is 5.75 Å². The van der Waals surface area contributed by atoms with Crippen molar-refractivity contribution >= 4 is 20.9 Å². The van der Waals surface area contributed by atoms with E-state index in [-0.39, 0.29) is 17.7 Å². The molecular weight excluding hydrogens is 504 g/mol. The normalized spacial score (nSPS) is 17.0. The van der Waals surface area contributed by atoms with Crippen molar-refractivity contribution in [1.82, 2.24) is 8.87 Å². The molecule has 1 aliphatic rings. The molecule has 5 aromatic rings. The molecule has 1 N–H and O–H groups in total. The number of para-hydroxylation sites is 2. The average molecular weight is 537 g/mol. The first-order chi connectivity index (χ1) is 18.9. The third kappa shape index (κ3) is 4.34. The summed E-state index contributed by atoms with van der Waals surface area (Å²) < 4.78 is 32.0. The van der Waals surface area contributed by atoms with Gasteiger partial charge in [0.2, 0.25) is 10.0 Å². The monoisotopic (exact) mass is 536 g/mol. The summed E-state index contributed by atoms with van der Waals surface area (Å²) in [5.41, 5.74) is 5.95. The Morgan fingerprint density at radius 3 is 2.26 bits per heavy atom. The standard InChI is InChI=1S/C33H32N2O3S/c1-23-18-20-25(21-19-23)39(37,38)35-22-10-16-29(35)31(27-14-7-9-17-30(27)36)32-26-13-6-8-15-28(26)34(2)33(32)24-11-4-3-5-12-24/h3-9,11-15,17-21,29,31,36H,10,16,22H2,1-2H3/t29-,31-/m1/s1. The molecule has 0 amide bonds. The molecule has 1 aromatic heterocycles. The summed E-state index contributed by atoms with van der Waals surface area (Å²) in [6.07, 6.45) is 1.45. The van der Waals surface area contributed by atoms with E-state index >= 15 is 0 Å². The number of aromatic nitrogens is 1. The molecule has 6 rings (SSSR count). The molecule has 0 bridgehead atoms. The lowest BCUT2D eigenvalue weighted by molar-refractivity contribution is 0.355. The molecule has 0 spiro atoms. The van der Waals surface area contributed by atoms with Crippen molar-refractivity contribution in [1.29, 1.82) is 0 Å². The van der Waals surface area contributed by atoms with Crippen molar-refractivity contribution in [3.05, 3.63) is 120 Å². The van der Waals surface area contributed by atoms with Gasteiger partial charge in [-0.3, -0.25) is 0 Å². The van der Waals surface area contributed by atoms with E-state index in [0.717, 1.165) is 45.3 Å². The van der Waals surface area contributed by atoms with Gasteiger partial charge >= 0.3 is 0 Å². The van der Waals surface area contributed by atoms with E-state index in [2.05, 4.69) is 35.9 Å². The van der Waals surface area contributed by atoms with Crippen LogP contribution in [0.3, 0.4) is 0 Å². The van der Waals surface area contributed by atoms with Crippen LogP contribution in [0.2, 0.25) is 0 Å². The Kier molecular flexibility index (Phi) is 6.53. The quantitative estimate of drug-likeness (QED) is 0.258. The molecule has 0 saturated carbocycles. The molecule has 1 fully saturated rings. The van der Waals surface area contributed by atoms with Crippen LogP contribution in [0.15, 0.2) is 108 Å². The number of phenols is 1. The smallest absolute Gasteiger partial charge is 0.243 e. The van der Waals surface area contributed by atoms with Gasteiger partial charge in [0.05, 0.1) is 10.6 Å². The minimum Gasteiger partial charge on any atom is -0.508 e. The summed E-state index contributed by atoms with van der Waals surface area (Å²) in [5.74, 6) is -0.204. The SMILES string of the molecule is Cc1ccc(S(=O)(=O)N2CCC[C@@H]2[C@@H](c2ccccc2O)c2c(-c3ccccc3)n(C)c3ccccc23)cc1. The Morgan fingerprint density at radius 1 is 0.846 bits per heavy atom. The highest BCUT2D eigenvalue weighted by Crippen LogP contribution is 2.48. The minimum atomic E-state index is -3.76. The maximum atomic E-state index is 14.1. The van der Waals surface area contributed by atoms with Crippen molar-refractivity contribution in [3.8, 4) is 17.0 Å². The van der Waals surface area contributed by atoms with Crippen molar-refractivity contribution in [2.24, 2.45) is 7.05 Å². The fourth-order valence-corrected chi connectivity index (χ4v) is 7.94. The van der Waals surface area contributed by atoms with E-state index < -0.39 is 10.0 Å². The molecule has 198 valence electrons. The van der Waals surface area contributed by atoms with Gasteiger partial charge < -0.3 is 9.67 Å². The molecule has 0 aliphatic carbocycles. The Morgan fingerprint density at radius 2 is 1.51 bits per heavy atom. The van der Waals surface area contributed by atoms with Crippen LogP contribution >= 0.6 is 0 Å². The van der Waals surface area contributed by atoms with E-state index in [1.54, 1.807) is 22.5 Å². The van der Waals surface area contributed by atoms with Crippen LogP contribution in [-0.4, -0.2) is 35.0 Å². The first kappa shape index (κ1) is 25.4. The highest BCUT2D eigenvalue weighted by molar-refractivity contribution is 7.89. The Labute approximate surface area is 230 Å². The summed E-state index contributed by atoms with van der Waals surface area (Å²) >= 11 is 0. The lowest BCUT2D eigenvalue weighted by Gasteiger charge is -2.33. The van der Waals surface area contributed by atoms with Gasteiger partial charge in [0.15, 0.2) is 0 Å². The summed E-state index contributed by atoms with van der Waals surface area (Å²) in [6, 6.07) is 32.6. The maximum absolute atomic E-state index is 14.1. The zero-order chi connectivity index (χ0) is 27.1. The highest BCUT2D eigenvalue weighted by Gasteiger charge is 2.43. The predicted molar refractivity (Wildman–Crippen MR) is 156 cm³/mol.